The normalized spacial score (nSPS) is 9.83. The quantitative estimate of drug-likeness (QED) is 0.543. The molecule has 1 amide bonds. The number of carboxylic acids is 1. The average Bonchev–Trinajstić information content (AvgIpc) is 2.31. The van der Waals surface area contributed by atoms with E-state index in [4.69, 9.17) is 16.7 Å². The number of hydrogen-bond acceptors (Lipinski definition) is 3. The van der Waals surface area contributed by atoms with Crippen molar-refractivity contribution < 1.29 is 14.7 Å². The smallest absolute Gasteiger partial charge is 0.337 e. The van der Waals surface area contributed by atoms with Gasteiger partial charge in [0, 0.05) is 11.6 Å². The number of carboxylic acid groups (broad SMARTS) is 1. The van der Waals surface area contributed by atoms with Gasteiger partial charge in [-0.3, -0.25) is 4.79 Å². The van der Waals surface area contributed by atoms with Gasteiger partial charge in [0.05, 0.1) is 17.8 Å². The molecule has 1 rings (SSSR count). The van der Waals surface area contributed by atoms with Crippen molar-refractivity contribution in [2.24, 2.45) is 0 Å². The number of amides is 1. The summed E-state index contributed by atoms with van der Waals surface area (Å²) in [5, 5.41) is 14.6. The molecular formula is C12H13ClN2O3. The monoisotopic (exact) mass is 268 g/mol. The van der Waals surface area contributed by atoms with Gasteiger partial charge in [0.25, 0.3) is 0 Å². The summed E-state index contributed by atoms with van der Waals surface area (Å²) >= 11 is 5.70. The molecular weight excluding hydrogens is 256 g/mol. The van der Waals surface area contributed by atoms with E-state index < -0.39 is 5.97 Å². The average molecular weight is 269 g/mol. The summed E-state index contributed by atoms with van der Waals surface area (Å²) < 4.78 is 0. The van der Waals surface area contributed by atoms with Gasteiger partial charge in [-0.25, -0.2) is 4.79 Å². The molecule has 0 saturated heterocycles. The minimum Gasteiger partial charge on any atom is -0.478 e. The number of carbonyl (C=O) groups is 2. The molecule has 18 heavy (non-hydrogen) atoms. The molecule has 0 bridgehead atoms. The Morgan fingerprint density at radius 2 is 2.17 bits per heavy atom. The van der Waals surface area contributed by atoms with E-state index in [0.717, 1.165) is 0 Å². The van der Waals surface area contributed by atoms with E-state index in [1.807, 2.05) is 0 Å². The molecule has 0 atom stereocenters. The van der Waals surface area contributed by atoms with Crippen LogP contribution in [0.25, 0.3) is 0 Å². The fourth-order valence-corrected chi connectivity index (χ4v) is 1.46. The van der Waals surface area contributed by atoms with Gasteiger partial charge >= 0.3 is 5.97 Å². The van der Waals surface area contributed by atoms with E-state index in [9.17, 15) is 9.59 Å². The molecule has 3 N–H and O–H groups in total. The molecule has 6 heteroatoms. The molecule has 0 aliphatic rings. The molecule has 5 nitrogen and oxygen atoms in total. The Hall–Kier alpha value is -1.85. The van der Waals surface area contributed by atoms with Crippen molar-refractivity contribution >= 4 is 29.2 Å². The van der Waals surface area contributed by atoms with Gasteiger partial charge in [-0.15, -0.1) is 6.58 Å². The van der Waals surface area contributed by atoms with Crippen molar-refractivity contribution in [3.63, 3.8) is 0 Å². The van der Waals surface area contributed by atoms with Crippen molar-refractivity contribution in [3.8, 4) is 0 Å². The molecule has 0 saturated carbocycles. The maximum absolute atomic E-state index is 11.5. The topological polar surface area (TPSA) is 78.4 Å². The van der Waals surface area contributed by atoms with Crippen LogP contribution in [-0.4, -0.2) is 30.1 Å². The Morgan fingerprint density at radius 3 is 2.78 bits per heavy atom. The van der Waals surface area contributed by atoms with Crippen molar-refractivity contribution in [3.05, 3.63) is 41.4 Å². The lowest BCUT2D eigenvalue weighted by molar-refractivity contribution is -0.115. The lowest BCUT2D eigenvalue weighted by Crippen LogP contribution is -2.28. The van der Waals surface area contributed by atoms with Gasteiger partial charge in [-0.05, 0) is 18.2 Å². The van der Waals surface area contributed by atoms with Crippen LogP contribution in [0.1, 0.15) is 10.4 Å². The second-order valence-corrected chi connectivity index (χ2v) is 3.90. The molecule has 0 aliphatic heterocycles. The zero-order valence-electron chi connectivity index (χ0n) is 9.57. The van der Waals surface area contributed by atoms with Crippen LogP contribution < -0.4 is 10.6 Å². The van der Waals surface area contributed by atoms with Crippen LogP contribution in [0.5, 0.6) is 0 Å². The Kier molecular flexibility index (Phi) is 5.35. The van der Waals surface area contributed by atoms with Crippen LogP contribution >= 0.6 is 11.6 Å². The number of hydrogen-bond donors (Lipinski definition) is 3. The Morgan fingerprint density at radius 1 is 1.44 bits per heavy atom. The van der Waals surface area contributed by atoms with E-state index >= 15 is 0 Å². The first kappa shape index (κ1) is 14.2. The SMILES string of the molecule is C=CCNCC(=O)Nc1ccc(Cl)cc1C(=O)O. The maximum atomic E-state index is 11.5. The first-order valence-corrected chi connectivity index (χ1v) is 5.56. The van der Waals surface area contributed by atoms with Crippen LogP contribution in [0.15, 0.2) is 30.9 Å². The van der Waals surface area contributed by atoms with Crippen molar-refractivity contribution in [2.75, 3.05) is 18.4 Å². The van der Waals surface area contributed by atoms with Crippen molar-refractivity contribution in [1.29, 1.82) is 0 Å². The summed E-state index contributed by atoms with van der Waals surface area (Å²) in [5.41, 5.74) is 0.178. The summed E-state index contributed by atoms with van der Waals surface area (Å²) in [6, 6.07) is 4.26. The van der Waals surface area contributed by atoms with Gasteiger partial charge in [-0.1, -0.05) is 17.7 Å². The molecule has 0 spiro atoms. The minimum atomic E-state index is -1.15. The zero-order chi connectivity index (χ0) is 13.5. The van der Waals surface area contributed by atoms with Crippen LogP contribution in [0.4, 0.5) is 5.69 Å². The number of carbonyl (C=O) groups excluding carboxylic acids is 1. The van der Waals surface area contributed by atoms with E-state index in [1.54, 1.807) is 6.08 Å². The van der Waals surface area contributed by atoms with E-state index in [1.165, 1.54) is 18.2 Å². The summed E-state index contributed by atoms with van der Waals surface area (Å²) in [7, 11) is 0. The number of benzene rings is 1. The molecule has 0 radical (unpaired) electrons. The molecule has 0 aromatic heterocycles. The third-order valence-corrected chi connectivity index (χ3v) is 2.30. The van der Waals surface area contributed by atoms with E-state index in [-0.39, 0.29) is 23.7 Å². The third kappa shape index (κ3) is 4.20. The summed E-state index contributed by atoms with van der Waals surface area (Å²) in [4.78, 5) is 22.5. The number of rotatable bonds is 6. The first-order chi connectivity index (χ1) is 8.54. The Balaban J connectivity index is 2.74. The number of nitrogens with one attached hydrogen (secondary N) is 2. The second-order valence-electron chi connectivity index (χ2n) is 3.46. The van der Waals surface area contributed by atoms with Crippen LogP contribution in [0, 0.1) is 0 Å². The summed E-state index contributed by atoms with van der Waals surface area (Å²) in [6.07, 6.45) is 1.62. The van der Waals surface area contributed by atoms with Gasteiger partial charge in [-0.2, -0.15) is 0 Å². The van der Waals surface area contributed by atoms with E-state index in [0.29, 0.717) is 11.6 Å². The first-order valence-electron chi connectivity index (χ1n) is 5.19. The highest BCUT2D eigenvalue weighted by Crippen LogP contribution is 2.20. The lowest BCUT2D eigenvalue weighted by atomic mass is 10.2. The molecule has 1 aromatic carbocycles. The van der Waals surface area contributed by atoms with Gasteiger partial charge in [0.15, 0.2) is 0 Å². The molecule has 0 aliphatic carbocycles. The molecule has 96 valence electrons. The highest BCUT2D eigenvalue weighted by molar-refractivity contribution is 6.31. The highest BCUT2D eigenvalue weighted by Gasteiger charge is 2.12. The van der Waals surface area contributed by atoms with Gasteiger partial charge in [0.2, 0.25) is 5.91 Å². The largest absolute Gasteiger partial charge is 0.478 e. The van der Waals surface area contributed by atoms with E-state index in [2.05, 4.69) is 17.2 Å². The van der Waals surface area contributed by atoms with Gasteiger partial charge < -0.3 is 15.7 Å². The lowest BCUT2D eigenvalue weighted by Gasteiger charge is -2.09. The maximum Gasteiger partial charge on any atom is 0.337 e. The zero-order valence-corrected chi connectivity index (χ0v) is 10.3. The fraction of sp³-hybridized carbons (Fsp3) is 0.167. The molecule has 0 heterocycles. The second kappa shape index (κ2) is 6.78. The Labute approximate surface area is 109 Å². The van der Waals surface area contributed by atoms with Gasteiger partial charge in [0.1, 0.15) is 0 Å². The van der Waals surface area contributed by atoms with Crippen LogP contribution in [0.3, 0.4) is 0 Å². The number of aromatic carboxylic acids is 1. The van der Waals surface area contributed by atoms with Crippen LogP contribution in [0.2, 0.25) is 5.02 Å². The fourth-order valence-electron chi connectivity index (χ4n) is 1.28. The third-order valence-electron chi connectivity index (χ3n) is 2.06. The standard InChI is InChI=1S/C12H13ClN2O3/c1-2-5-14-7-11(16)15-10-4-3-8(13)6-9(10)12(17)18/h2-4,6,14H,1,5,7H2,(H,15,16)(H,17,18). The molecule has 0 fully saturated rings. The predicted octanol–water partition coefficient (Wildman–Crippen LogP) is 1.75. The molecule has 1 aromatic rings. The van der Waals surface area contributed by atoms with Crippen molar-refractivity contribution in [2.45, 2.75) is 0 Å². The number of halogens is 1. The minimum absolute atomic E-state index is 0.0421. The summed E-state index contributed by atoms with van der Waals surface area (Å²) in [6.45, 7) is 4.08. The number of anilines is 1. The highest BCUT2D eigenvalue weighted by atomic mass is 35.5. The summed E-state index contributed by atoms with van der Waals surface area (Å²) in [5.74, 6) is -1.48. The molecule has 0 unspecified atom stereocenters. The van der Waals surface area contributed by atoms with Crippen molar-refractivity contribution in [1.82, 2.24) is 5.32 Å². The predicted molar refractivity (Wildman–Crippen MR) is 70.1 cm³/mol. The Bertz CT molecular complexity index is 474. The van der Waals surface area contributed by atoms with Crippen LogP contribution in [-0.2, 0) is 4.79 Å².